The Morgan fingerprint density at radius 3 is 2.52 bits per heavy atom. The number of hydrogen-bond donors (Lipinski definition) is 1. The quantitative estimate of drug-likeness (QED) is 0.334. The SMILES string of the molecule is COCCOCCC(=O)CCC1CCC(CN2C(=O)CC(SCCO)C2=O)CC1. The number of carbonyl (C=O) groups is 3. The number of amides is 2. The summed E-state index contributed by atoms with van der Waals surface area (Å²) < 4.78 is 10.2. The third kappa shape index (κ3) is 8.36. The van der Waals surface area contributed by atoms with Crippen LogP contribution in [0.5, 0.6) is 0 Å². The molecule has 2 amide bonds. The molecule has 0 aromatic carbocycles. The molecule has 0 spiro atoms. The van der Waals surface area contributed by atoms with Gasteiger partial charge in [0.25, 0.3) is 0 Å². The Balaban J connectivity index is 1.61. The van der Waals surface area contributed by atoms with Crippen molar-refractivity contribution in [3.05, 3.63) is 0 Å². The van der Waals surface area contributed by atoms with Crippen LogP contribution in [0.3, 0.4) is 0 Å². The number of imide groups is 1. The maximum atomic E-state index is 12.4. The van der Waals surface area contributed by atoms with Gasteiger partial charge in [-0.2, -0.15) is 0 Å². The van der Waals surface area contributed by atoms with Crippen LogP contribution < -0.4 is 0 Å². The van der Waals surface area contributed by atoms with Gasteiger partial charge in [-0.15, -0.1) is 11.8 Å². The Labute approximate surface area is 177 Å². The Bertz CT molecular complexity index is 535. The average Bonchev–Trinajstić information content (AvgIpc) is 2.99. The molecule has 1 saturated carbocycles. The maximum Gasteiger partial charge on any atom is 0.242 e. The van der Waals surface area contributed by atoms with Crippen molar-refractivity contribution < 1.29 is 29.0 Å². The molecule has 29 heavy (non-hydrogen) atoms. The highest BCUT2D eigenvalue weighted by Crippen LogP contribution is 2.34. The Morgan fingerprint density at radius 1 is 1.10 bits per heavy atom. The second-order valence-electron chi connectivity index (χ2n) is 7.95. The van der Waals surface area contributed by atoms with Gasteiger partial charge in [0.05, 0.1) is 31.7 Å². The van der Waals surface area contributed by atoms with Gasteiger partial charge < -0.3 is 14.6 Å². The molecular weight excluding hydrogens is 394 g/mol. The van der Waals surface area contributed by atoms with E-state index in [1.54, 1.807) is 7.11 Å². The summed E-state index contributed by atoms with van der Waals surface area (Å²) >= 11 is 1.37. The third-order valence-electron chi connectivity index (χ3n) is 5.81. The largest absolute Gasteiger partial charge is 0.396 e. The lowest BCUT2D eigenvalue weighted by Gasteiger charge is -2.30. The minimum absolute atomic E-state index is 0.0238. The standard InChI is InChI=1S/C21H35NO6S/c1-27-11-12-28-10-8-18(24)7-6-16-2-4-17(5-3-16)15-22-20(25)14-19(21(22)26)29-13-9-23/h16-17,19,23H,2-15H2,1H3. The first-order valence-electron chi connectivity index (χ1n) is 10.7. The van der Waals surface area contributed by atoms with Gasteiger partial charge in [0, 0.05) is 38.7 Å². The van der Waals surface area contributed by atoms with Crippen LogP contribution in [0, 0.1) is 11.8 Å². The van der Waals surface area contributed by atoms with E-state index in [4.69, 9.17) is 14.6 Å². The molecule has 0 radical (unpaired) electrons. The van der Waals surface area contributed by atoms with Gasteiger partial charge >= 0.3 is 0 Å². The smallest absolute Gasteiger partial charge is 0.242 e. The van der Waals surface area contributed by atoms with Crippen LogP contribution in [0.2, 0.25) is 0 Å². The molecule has 2 rings (SSSR count). The van der Waals surface area contributed by atoms with Gasteiger partial charge in [-0.3, -0.25) is 19.3 Å². The molecule has 0 bridgehead atoms. The fourth-order valence-corrected chi connectivity index (χ4v) is 4.97. The molecule has 1 aliphatic heterocycles. The van der Waals surface area contributed by atoms with Crippen molar-refractivity contribution in [2.75, 3.05) is 45.8 Å². The average molecular weight is 430 g/mol. The number of aliphatic hydroxyl groups is 1. The zero-order chi connectivity index (χ0) is 21.1. The Hall–Kier alpha value is -0.960. The van der Waals surface area contributed by atoms with Crippen LogP contribution in [0.1, 0.15) is 51.4 Å². The minimum Gasteiger partial charge on any atom is -0.396 e. The molecule has 1 unspecified atom stereocenters. The number of ether oxygens (including phenoxy) is 2. The second kappa shape index (κ2) is 13.4. The third-order valence-corrected chi connectivity index (χ3v) is 7.00. The van der Waals surface area contributed by atoms with Gasteiger partial charge in [-0.25, -0.2) is 0 Å². The van der Waals surface area contributed by atoms with Gasteiger partial charge in [-0.1, -0.05) is 12.8 Å². The maximum absolute atomic E-state index is 12.4. The molecule has 1 aliphatic carbocycles. The summed E-state index contributed by atoms with van der Waals surface area (Å²) in [6, 6.07) is 0. The summed E-state index contributed by atoms with van der Waals surface area (Å²) in [5.41, 5.74) is 0. The van der Waals surface area contributed by atoms with Crippen molar-refractivity contribution in [3.8, 4) is 0 Å². The number of Topliss-reactive ketones (excluding diaryl/α,β-unsaturated/α-hetero) is 1. The molecule has 166 valence electrons. The van der Waals surface area contributed by atoms with E-state index in [9.17, 15) is 14.4 Å². The summed E-state index contributed by atoms with van der Waals surface area (Å²) in [6.07, 6.45) is 6.38. The predicted molar refractivity (Wildman–Crippen MR) is 112 cm³/mol. The van der Waals surface area contributed by atoms with Crippen LogP contribution in [0.4, 0.5) is 0 Å². The van der Waals surface area contributed by atoms with E-state index < -0.39 is 0 Å². The van der Waals surface area contributed by atoms with Crippen molar-refractivity contribution in [1.29, 1.82) is 0 Å². The van der Waals surface area contributed by atoms with Crippen LogP contribution in [0.15, 0.2) is 0 Å². The Morgan fingerprint density at radius 2 is 1.83 bits per heavy atom. The van der Waals surface area contributed by atoms with E-state index in [1.165, 1.54) is 16.7 Å². The second-order valence-corrected chi connectivity index (χ2v) is 9.26. The number of carbonyl (C=O) groups excluding carboxylic acids is 3. The molecule has 1 N–H and O–H groups in total. The summed E-state index contributed by atoms with van der Waals surface area (Å²) in [7, 11) is 1.62. The summed E-state index contributed by atoms with van der Waals surface area (Å²) in [4.78, 5) is 38.0. The monoisotopic (exact) mass is 429 g/mol. The van der Waals surface area contributed by atoms with E-state index in [2.05, 4.69) is 0 Å². The molecule has 2 aliphatic rings. The molecule has 1 heterocycles. The molecule has 1 saturated heterocycles. The van der Waals surface area contributed by atoms with E-state index in [-0.39, 0.29) is 35.9 Å². The number of ketones is 1. The number of likely N-dealkylation sites (tertiary alicyclic amines) is 1. The number of nitrogens with zero attached hydrogens (tertiary/aromatic N) is 1. The normalized spacial score (nSPS) is 25.0. The highest BCUT2D eigenvalue weighted by atomic mass is 32.2. The topological polar surface area (TPSA) is 93.1 Å². The van der Waals surface area contributed by atoms with E-state index in [0.717, 1.165) is 32.1 Å². The molecule has 1 atom stereocenters. The van der Waals surface area contributed by atoms with Gasteiger partial charge in [-0.05, 0) is 31.1 Å². The Kier molecular flexibility index (Phi) is 11.2. The van der Waals surface area contributed by atoms with Crippen molar-refractivity contribution in [2.45, 2.75) is 56.6 Å². The van der Waals surface area contributed by atoms with Crippen molar-refractivity contribution in [1.82, 2.24) is 4.90 Å². The van der Waals surface area contributed by atoms with Gasteiger partial charge in [0.2, 0.25) is 11.8 Å². The number of aliphatic hydroxyl groups excluding tert-OH is 1. The fraction of sp³-hybridized carbons (Fsp3) is 0.857. The van der Waals surface area contributed by atoms with Crippen molar-refractivity contribution in [3.63, 3.8) is 0 Å². The zero-order valence-corrected chi connectivity index (χ0v) is 18.3. The minimum atomic E-state index is -0.324. The van der Waals surface area contributed by atoms with E-state index in [1.807, 2.05) is 0 Å². The van der Waals surface area contributed by atoms with Crippen LogP contribution in [-0.4, -0.2) is 78.7 Å². The fourth-order valence-electron chi connectivity index (χ4n) is 4.05. The van der Waals surface area contributed by atoms with Gasteiger partial charge in [0.15, 0.2) is 0 Å². The van der Waals surface area contributed by atoms with Crippen molar-refractivity contribution in [2.24, 2.45) is 11.8 Å². The van der Waals surface area contributed by atoms with Crippen molar-refractivity contribution >= 4 is 29.4 Å². The van der Waals surface area contributed by atoms with E-state index >= 15 is 0 Å². The molecule has 8 heteroatoms. The summed E-state index contributed by atoms with van der Waals surface area (Å²) in [6.45, 7) is 2.09. The highest BCUT2D eigenvalue weighted by molar-refractivity contribution is 8.00. The number of methoxy groups -OCH3 is 1. The highest BCUT2D eigenvalue weighted by Gasteiger charge is 2.39. The first-order valence-corrected chi connectivity index (χ1v) is 11.7. The number of rotatable bonds is 14. The van der Waals surface area contributed by atoms with Crippen LogP contribution >= 0.6 is 11.8 Å². The molecule has 0 aromatic heterocycles. The molecular formula is C21H35NO6S. The number of hydrogen-bond acceptors (Lipinski definition) is 7. The lowest BCUT2D eigenvalue weighted by Crippen LogP contribution is -2.37. The van der Waals surface area contributed by atoms with Crippen LogP contribution in [-0.2, 0) is 23.9 Å². The van der Waals surface area contributed by atoms with Crippen LogP contribution in [0.25, 0.3) is 0 Å². The molecule has 2 fully saturated rings. The first kappa shape index (κ1) is 24.3. The lowest BCUT2D eigenvalue weighted by atomic mass is 9.79. The number of thioether (sulfide) groups is 1. The zero-order valence-electron chi connectivity index (χ0n) is 17.5. The summed E-state index contributed by atoms with van der Waals surface area (Å²) in [5, 5.41) is 8.60. The van der Waals surface area contributed by atoms with E-state index in [0.29, 0.717) is 56.8 Å². The predicted octanol–water partition coefficient (Wildman–Crippen LogP) is 2.05. The summed E-state index contributed by atoms with van der Waals surface area (Å²) in [5.74, 6) is 1.50. The molecule has 0 aromatic rings. The lowest BCUT2D eigenvalue weighted by molar-refractivity contribution is -0.139. The van der Waals surface area contributed by atoms with Gasteiger partial charge in [0.1, 0.15) is 5.78 Å². The molecule has 7 nitrogen and oxygen atoms in total. The first-order chi connectivity index (χ1) is 14.0.